The van der Waals surface area contributed by atoms with Gasteiger partial charge in [-0.05, 0) is 24.3 Å². The second-order valence-electron chi connectivity index (χ2n) is 5.81. The van der Waals surface area contributed by atoms with Crippen molar-refractivity contribution in [1.29, 1.82) is 0 Å². The minimum absolute atomic E-state index is 0.213. The van der Waals surface area contributed by atoms with Crippen molar-refractivity contribution in [2.75, 3.05) is 25.0 Å². The van der Waals surface area contributed by atoms with Gasteiger partial charge in [0.25, 0.3) is 11.6 Å². The molecule has 0 saturated carbocycles. The van der Waals surface area contributed by atoms with Gasteiger partial charge in [0.15, 0.2) is 0 Å². The van der Waals surface area contributed by atoms with E-state index in [9.17, 15) is 14.9 Å². The van der Waals surface area contributed by atoms with Crippen LogP contribution < -0.4 is 10.2 Å². The molecule has 0 atom stereocenters. The normalized spacial score (nSPS) is 10.4. The number of rotatable bonds is 7. The van der Waals surface area contributed by atoms with Gasteiger partial charge >= 0.3 is 0 Å². The van der Waals surface area contributed by atoms with Crippen molar-refractivity contribution in [3.05, 3.63) is 76.9 Å². The third kappa shape index (κ3) is 4.27. The summed E-state index contributed by atoms with van der Waals surface area (Å²) in [5.74, 6) is -0.371. The summed E-state index contributed by atoms with van der Waals surface area (Å²) in [7, 11) is 1.93. The van der Waals surface area contributed by atoms with Crippen LogP contribution in [-0.4, -0.2) is 45.7 Å². The first-order valence-electron chi connectivity index (χ1n) is 8.24. The molecule has 0 saturated heterocycles. The number of nitrogens with zero attached hydrogens (tertiary/aromatic N) is 5. The monoisotopic (exact) mass is 366 g/mol. The van der Waals surface area contributed by atoms with Crippen LogP contribution in [0.5, 0.6) is 0 Å². The molecule has 0 aliphatic rings. The Balaban J connectivity index is 1.66. The number of amides is 1. The molecule has 138 valence electrons. The van der Waals surface area contributed by atoms with E-state index in [1.807, 2.05) is 42.3 Å². The first kappa shape index (κ1) is 18.1. The lowest BCUT2D eigenvalue weighted by Gasteiger charge is -2.19. The average molecular weight is 366 g/mol. The van der Waals surface area contributed by atoms with Gasteiger partial charge in [-0.2, -0.15) is 5.10 Å². The predicted octanol–water partition coefficient (Wildman–Crippen LogP) is 2.04. The molecule has 27 heavy (non-hydrogen) atoms. The fraction of sp³-hybridized carbons (Fsp3) is 0.167. The number of aromatic nitrogens is 3. The van der Waals surface area contributed by atoms with E-state index in [0.717, 1.165) is 5.69 Å². The standard InChI is InChI=1S/C18H18N6O3/c1-22(15-5-3-2-4-6-15)10-9-20-18(25)14-7-8-16(17(11-14)24(26)27)23-13-19-12-21-23/h2-8,11-13H,9-10H2,1H3,(H,20,25). The number of para-hydroxylation sites is 1. The van der Waals surface area contributed by atoms with Gasteiger partial charge in [0.2, 0.25) is 0 Å². The van der Waals surface area contributed by atoms with E-state index < -0.39 is 4.92 Å². The number of hydrogen-bond acceptors (Lipinski definition) is 6. The summed E-state index contributed by atoms with van der Waals surface area (Å²) in [6, 6.07) is 14.0. The van der Waals surface area contributed by atoms with E-state index in [2.05, 4.69) is 15.4 Å². The van der Waals surface area contributed by atoms with Gasteiger partial charge in [0, 0.05) is 37.5 Å². The molecule has 0 radical (unpaired) electrons. The molecular formula is C18H18N6O3. The van der Waals surface area contributed by atoms with Gasteiger partial charge in [-0.15, -0.1) is 0 Å². The highest BCUT2D eigenvalue weighted by Crippen LogP contribution is 2.23. The Bertz CT molecular complexity index is 928. The first-order chi connectivity index (χ1) is 13.1. The quantitative estimate of drug-likeness (QED) is 0.507. The van der Waals surface area contributed by atoms with Crippen molar-refractivity contribution in [3.63, 3.8) is 0 Å². The van der Waals surface area contributed by atoms with Crippen molar-refractivity contribution >= 4 is 17.3 Å². The molecule has 0 bridgehead atoms. The molecule has 0 aliphatic carbocycles. The molecule has 0 spiro atoms. The fourth-order valence-corrected chi connectivity index (χ4v) is 2.59. The molecule has 2 aromatic carbocycles. The van der Waals surface area contributed by atoms with Gasteiger partial charge < -0.3 is 10.2 Å². The minimum atomic E-state index is -0.545. The third-order valence-corrected chi connectivity index (χ3v) is 4.03. The lowest BCUT2D eigenvalue weighted by molar-refractivity contribution is -0.384. The molecule has 9 heteroatoms. The number of nitro benzene ring substituents is 1. The van der Waals surface area contributed by atoms with E-state index in [1.165, 1.54) is 35.5 Å². The van der Waals surface area contributed by atoms with Gasteiger partial charge in [-0.1, -0.05) is 18.2 Å². The molecule has 0 aliphatic heterocycles. The van der Waals surface area contributed by atoms with E-state index >= 15 is 0 Å². The summed E-state index contributed by atoms with van der Waals surface area (Å²) in [6.45, 7) is 1.01. The lowest BCUT2D eigenvalue weighted by atomic mass is 10.1. The molecule has 1 N–H and O–H groups in total. The highest BCUT2D eigenvalue weighted by atomic mass is 16.6. The van der Waals surface area contributed by atoms with Crippen LogP contribution in [0.3, 0.4) is 0 Å². The zero-order chi connectivity index (χ0) is 19.2. The first-order valence-corrected chi connectivity index (χ1v) is 8.24. The molecule has 0 unspecified atom stereocenters. The predicted molar refractivity (Wildman–Crippen MR) is 100 cm³/mol. The summed E-state index contributed by atoms with van der Waals surface area (Å²) in [5.41, 5.74) is 1.29. The molecule has 0 fully saturated rings. The smallest absolute Gasteiger partial charge is 0.295 e. The van der Waals surface area contributed by atoms with Crippen LogP contribution in [0.1, 0.15) is 10.4 Å². The van der Waals surface area contributed by atoms with Crippen molar-refractivity contribution < 1.29 is 9.72 Å². The highest BCUT2D eigenvalue weighted by molar-refractivity contribution is 5.95. The zero-order valence-electron chi connectivity index (χ0n) is 14.6. The Hall–Kier alpha value is -3.75. The van der Waals surface area contributed by atoms with Crippen molar-refractivity contribution in [1.82, 2.24) is 20.1 Å². The Morgan fingerprint density at radius 1 is 1.26 bits per heavy atom. The van der Waals surface area contributed by atoms with Crippen molar-refractivity contribution in [3.8, 4) is 5.69 Å². The van der Waals surface area contributed by atoms with E-state index in [4.69, 9.17) is 0 Å². The topological polar surface area (TPSA) is 106 Å². The van der Waals surface area contributed by atoms with Crippen LogP contribution >= 0.6 is 0 Å². The SMILES string of the molecule is CN(CCNC(=O)c1ccc(-n2cncn2)c([N+](=O)[O-])c1)c1ccccc1. The van der Waals surface area contributed by atoms with Crippen LogP contribution in [0.2, 0.25) is 0 Å². The summed E-state index contributed by atoms with van der Waals surface area (Å²) in [6.07, 6.45) is 2.65. The third-order valence-electron chi connectivity index (χ3n) is 4.03. The van der Waals surface area contributed by atoms with Crippen LogP contribution in [-0.2, 0) is 0 Å². The summed E-state index contributed by atoms with van der Waals surface area (Å²) < 4.78 is 1.29. The highest BCUT2D eigenvalue weighted by Gasteiger charge is 2.19. The van der Waals surface area contributed by atoms with Gasteiger partial charge in [0.1, 0.15) is 18.3 Å². The van der Waals surface area contributed by atoms with E-state index in [0.29, 0.717) is 13.1 Å². The molecular weight excluding hydrogens is 348 g/mol. The van der Waals surface area contributed by atoms with Crippen LogP contribution in [0.25, 0.3) is 5.69 Å². The van der Waals surface area contributed by atoms with Crippen LogP contribution in [0.15, 0.2) is 61.2 Å². The van der Waals surface area contributed by atoms with Gasteiger partial charge in [-0.25, -0.2) is 9.67 Å². The molecule has 3 rings (SSSR count). The number of anilines is 1. The van der Waals surface area contributed by atoms with Gasteiger partial charge in [-0.3, -0.25) is 14.9 Å². The number of likely N-dealkylation sites (N-methyl/N-ethyl adjacent to an activating group) is 1. The number of nitrogens with one attached hydrogen (secondary N) is 1. The van der Waals surface area contributed by atoms with Crippen molar-refractivity contribution in [2.45, 2.75) is 0 Å². The molecule has 3 aromatic rings. The number of benzene rings is 2. The Morgan fingerprint density at radius 3 is 2.70 bits per heavy atom. The second-order valence-corrected chi connectivity index (χ2v) is 5.81. The number of nitro groups is 1. The van der Waals surface area contributed by atoms with E-state index in [-0.39, 0.29) is 22.8 Å². The van der Waals surface area contributed by atoms with Crippen molar-refractivity contribution in [2.24, 2.45) is 0 Å². The molecule has 9 nitrogen and oxygen atoms in total. The lowest BCUT2D eigenvalue weighted by Crippen LogP contribution is -2.33. The summed E-state index contributed by atoms with van der Waals surface area (Å²) in [4.78, 5) is 29.0. The molecule has 1 amide bonds. The average Bonchev–Trinajstić information content (AvgIpc) is 3.22. The molecule has 1 heterocycles. The maximum absolute atomic E-state index is 12.3. The Morgan fingerprint density at radius 2 is 2.04 bits per heavy atom. The fourth-order valence-electron chi connectivity index (χ4n) is 2.59. The van der Waals surface area contributed by atoms with E-state index in [1.54, 1.807) is 0 Å². The maximum Gasteiger partial charge on any atom is 0.295 e. The summed E-state index contributed by atoms with van der Waals surface area (Å²) >= 11 is 0. The largest absolute Gasteiger partial charge is 0.373 e. The number of hydrogen-bond donors (Lipinski definition) is 1. The second kappa shape index (κ2) is 8.09. The van der Waals surface area contributed by atoms with Gasteiger partial charge in [0.05, 0.1) is 4.92 Å². The maximum atomic E-state index is 12.3. The van der Waals surface area contributed by atoms with Crippen LogP contribution in [0, 0.1) is 10.1 Å². The summed E-state index contributed by atoms with van der Waals surface area (Å²) in [5, 5.41) is 18.0. The number of carbonyl (C=O) groups is 1. The zero-order valence-corrected chi connectivity index (χ0v) is 14.6. The molecule has 1 aromatic heterocycles. The van der Waals surface area contributed by atoms with Crippen LogP contribution in [0.4, 0.5) is 11.4 Å². The minimum Gasteiger partial charge on any atom is -0.373 e. The Kier molecular flexibility index (Phi) is 5.41. The Labute approximate surface area is 155 Å². The number of carbonyl (C=O) groups excluding carboxylic acids is 1.